The van der Waals surface area contributed by atoms with E-state index in [0.717, 1.165) is 17.0 Å². The molecule has 0 saturated heterocycles. The van der Waals surface area contributed by atoms with Gasteiger partial charge in [-0.3, -0.25) is 0 Å². The Hall–Kier alpha value is -1.81. The molecule has 0 radical (unpaired) electrons. The molecule has 1 aliphatic rings. The van der Waals surface area contributed by atoms with Crippen molar-refractivity contribution in [2.24, 2.45) is 0 Å². The molecular weight excluding hydrogens is 274 g/mol. The zero-order valence-electron chi connectivity index (χ0n) is 10.9. The standard InChI is InChI=1S/C15H14ClN3O/c16-13-8-7-12(20-13)15-18-11-6-3-9-17-14(11)19(15)10-4-1-2-5-10/h3,6-10H,1-2,4-5H2. The molecule has 0 atom stereocenters. The number of fused-ring (bicyclic) bond motifs is 1. The lowest BCUT2D eigenvalue weighted by Crippen LogP contribution is -2.07. The summed E-state index contributed by atoms with van der Waals surface area (Å²) in [6.45, 7) is 0. The average molecular weight is 288 g/mol. The van der Waals surface area contributed by atoms with Gasteiger partial charge in [-0.25, -0.2) is 9.97 Å². The molecule has 0 spiro atoms. The lowest BCUT2D eigenvalue weighted by atomic mass is 10.2. The number of nitrogens with zero attached hydrogens (tertiary/aromatic N) is 3. The van der Waals surface area contributed by atoms with Crippen LogP contribution in [0.15, 0.2) is 34.9 Å². The molecule has 1 saturated carbocycles. The average Bonchev–Trinajstić information content (AvgIpc) is 3.15. The van der Waals surface area contributed by atoms with Crippen LogP contribution < -0.4 is 0 Å². The number of halogens is 1. The molecule has 1 aliphatic carbocycles. The van der Waals surface area contributed by atoms with E-state index in [1.807, 2.05) is 24.4 Å². The topological polar surface area (TPSA) is 43.9 Å². The van der Waals surface area contributed by atoms with Gasteiger partial charge in [-0.2, -0.15) is 0 Å². The first-order valence-electron chi connectivity index (χ1n) is 6.91. The quantitative estimate of drug-likeness (QED) is 0.699. The van der Waals surface area contributed by atoms with E-state index in [-0.39, 0.29) is 0 Å². The van der Waals surface area contributed by atoms with E-state index in [2.05, 4.69) is 14.5 Å². The summed E-state index contributed by atoms with van der Waals surface area (Å²) in [5.41, 5.74) is 1.84. The van der Waals surface area contributed by atoms with Crippen LogP contribution in [0, 0.1) is 0 Å². The Labute approximate surface area is 121 Å². The summed E-state index contributed by atoms with van der Waals surface area (Å²) >= 11 is 5.90. The summed E-state index contributed by atoms with van der Waals surface area (Å²) in [7, 11) is 0. The van der Waals surface area contributed by atoms with E-state index in [1.54, 1.807) is 6.07 Å². The van der Waals surface area contributed by atoms with Crippen LogP contribution in [0.1, 0.15) is 31.7 Å². The maximum absolute atomic E-state index is 5.90. The molecule has 3 heterocycles. The van der Waals surface area contributed by atoms with E-state index < -0.39 is 0 Å². The highest BCUT2D eigenvalue weighted by Gasteiger charge is 2.25. The van der Waals surface area contributed by atoms with E-state index in [9.17, 15) is 0 Å². The van der Waals surface area contributed by atoms with E-state index in [4.69, 9.17) is 16.0 Å². The summed E-state index contributed by atoms with van der Waals surface area (Å²) in [4.78, 5) is 9.19. The molecule has 3 aromatic heterocycles. The second kappa shape index (κ2) is 4.63. The van der Waals surface area contributed by atoms with Crippen molar-refractivity contribution in [3.05, 3.63) is 35.7 Å². The number of imidazole rings is 1. The summed E-state index contributed by atoms with van der Waals surface area (Å²) in [5.74, 6) is 1.54. The van der Waals surface area contributed by atoms with Gasteiger partial charge < -0.3 is 8.98 Å². The number of rotatable bonds is 2. The molecule has 4 nitrogen and oxygen atoms in total. The Morgan fingerprint density at radius 2 is 2.05 bits per heavy atom. The highest BCUT2D eigenvalue weighted by atomic mass is 35.5. The SMILES string of the molecule is Clc1ccc(-c2nc3cccnc3n2C2CCCC2)o1. The monoisotopic (exact) mass is 287 g/mol. The van der Waals surface area contributed by atoms with Crippen LogP contribution in [-0.2, 0) is 0 Å². The Balaban J connectivity index is 1.96. The van der Waals surface area contributed by atoms with Gasteiger partial charge in [0.1, 0.15) is 5.52 Å². The predicted octanol–water partition coefficient (Wildman–Crippen LogP) is 4.46. The fourth-order valence-corrected chi connectivity index (χ4v) is 3.19. The van der Waals surface area contributed by atoms with Crippen molar-refractivity contribution in [3.63, 3.8) is 0 Å². The molecule has 1 fully saturated rings. The second-order valence-corrected chi connectivity index (χ2v) is 5.57. The van der Waals surface area contributed by atoms with E-state index in [1.165, 1.54) is 25.7 Å². The molecule has 0 unspecified atom stereocenters. The van der Waals surface area contributed by atoms with Gasteiger partial charge in [-0.15, -0.1) is 0 Å². The Bertz CT molecular complexity index is 755. The maximum atomic E-state index is 5.90. The molecular formula is C15H14ClN3O. The first-order chi connectivity index (χ1) is 9.83. The van der Waals surface area contributed by atoms with E-state index in [0.29, 0.717) is 17.0 Å². The minimum absolute atomic E-state index is 0.387. The van der Waals surface area contributed by atoms with Gasteiger partial charge in [-0.05, 0) is 48.7 Å². The number of hydrogen-bond donors (Lipinski definition) is 0. The second-order valence-electron chi connectivity index (χ2n) is 5.19. The molecule has 20 heavy (non-hydrogen) atoms. The third-order valence-corrected chi connectivity index (χ3v) is 4.14. The molecule has 0 N–H and O–H groups in total. The molecule has 3 aromatic rings. The molecule has 4 rings (SSSR count). The molecule has 0 bridgehead atoms. The molecule has 0 aliphatic heterocycles. The Kier molecular flexibility index (Phi) is 2.77. The van der Waals surface area contributed by atoms with Gasteiger partial charge in [0.15, 0.2) is 22.5 Å². The minimum Gasteiger partial charge on any atom is -0.441 e. The first kappa shape index (κ1) is 12.0. The number of furan rings is 1. The third-order valence-electron chi connectivity index (χ3n) is 3.93. The van der Waals surface area contributed by atoms with Crippen LogP contribution in [0.25, 0.3) is 22.7 Å². The normalized spacial score (nSPS) is 16.2. The van der Waals surface area contributed by atoms with Gasteiger partial charge in [0.25, 0.3) is 0 Å². The summed E-state index contributed by atoms with van der Waals surface area (Å²) in [5, 5.41) is 0.387. The predicted molar refractivity (Wildman–Crippen MR) is 77.7 cm³/mol. The number of pyridine rings is 1. The van der Waals surface area contributed by atoms with Crippen molar-refractivity contribution >= 4 is 22.8 Å². The lowest BCUT2D eigenvalue weighted by Gasteiger charge is -2.14. The highest BCUT2D eigenvalue weighted by Crippen LogP contribution is 2.36. The summed E-state index contributed by atoms with van der Waals surface area (Å²) in [6, 6.07) is 7.97. The van der Waals surface area contributed by atoms with Crippen molar-refractivity contribution in [1.82, 2.24) is 14.5 Å². The van der Waals surface area contributed by atoms with Crippen LogP contribution in [0.3, 0.4) is 0 Å². The van der Waals surface area contributed by atoms with Gasteiger partial charge >= 0.3 is 0 Å². The van der Waals surface area contributed by atoms with Crippen molar-refractivity contribution in [2.75, 3.05) is 0 Å². The van der Waals surface area contributed by atoms with Gasteiger partial charge in [-0.1, -0.05) is 12.8 Å². The zero-order valence-corrected chi connectivity index (χ0v) is 11.7. The fraction of sp³-hybridized carbons (Fsp3) is 0.333. The lowest BCUT2D eigenvalue weighted by molar-refractivity contribution is 0.516. The van der Waals surface area contributed by atoms with Crippen molar-refractivity contribution in [2.45, 2.75) is 31.7 Å². The van der Waals surface area contributed by atoms with Crippen LogP contribution >= 0.6 is 11.6 Å². The molecule has 102 valence electrons. The zero-order chi connectivity index (χ0) is 13.5. The Morgan fingerprint density at radius 1 is 1.20 bits per heavy atom. The first-order valence-corrected chi connectivity index (χ1v) is 7.29. The van der Waals surface area contributed by atoms with Crippen LogP contribution in [0.2, 0.25) is 5.22 Å². The smallest absolute Gasteiger partial charge is 0.194 e. The Morgan fingerprint density at radius 3 is 2.80 bits per heavy atom. The summed E-state index contributed by atoms with van der Waals surface area (Å²) < 4.78 is 7.77. The van der Waals surface area contributed by atoms with Crippen molar-refractivity contribution in [1.29, 1.82) is 0 Å². The maximum Gasteiger partial charge on any atom is 0.194 e. The molecule has 5 heteroatoms. The fourth-order valence-electron chi connectivity index (χ4n) is 3.05. The van der Waals surface area contributed by atoms with Crippen molar-refractivity contribution in [3.8, 4) is 11.6 Å². The van der Waals surface area contributed by atoms with Gasteiger partial charge in [0, 0.05) is 12.2 Å². The molecule has 0 amide bonds. The van der Waals surface area contributed by atoms with Crippen molar-refractivity contribution < 1.29 is 4.42 Å². The highest BCUT2D eigenvalue weighted by molar-refractivity contribution is 6.28. The summed E-state index contributed by atoms with van der Waals surface area (Å²) in [6.07, 6.45) is 6.67. The minimum atomic E-state index is 0.387. The van der Waals surface area contributed by atoms with E-state index >= 15 is 0 Å². The third kappa shape index (κ3) is 1.83. The van der Waals surface area contributed by atoms with Gasteiger partial charge in [0.2, 0.25) is 0 Å². The van der Waals surface area contributed by atoms with Crippen LogP contribution in [-0.4, -0.2) is 14.5 Å². The van der Waals surface area contributed by atoms with Crippen LogP contribution in [0.4, 0.5) is 0 Å². The molecule has 0 aromatic carbocycles. The van der Waals surface area contributed by atoms with Gasteiger partial charge in [0.05, 0.1) is 0 Å². The van der Waals surface area contributed by atoms with Crippen LogP contribution in [0.5, 0.6) is 0 Å². The largest absolute Gasteiger partial charge is 0.441 e. The number of aromatic nitrogens is 3. The number of hydrogen-bond acceptors (Lipinski definition) is 3.